The summed E-state index contributed by atoms with van der Waals surface area (Å²) in [6, 6.07) is 11.8. The Kier molecular flexibility index (Phi) is 3.28. The van der Waals surface area contributed by atoms with Crippen molar-refractivity contribution in [3.63, 3.8) is 0 Å². The number of aryl methyl sites for hydroxylation is 1. The van der Waals surface area contributed by atoms with E-state index in [-0.39, 0.29) is 5.97 Å². The van der Waals surface area contributed by atoms with E-state index in [1.165, 1.54) is 0 Å². The molecule has 17 heavy (non-hydrogen) atoms. The molecule has 0 fully saturated rings. The highest BCUT2D eigenvalue weighted by Crippen LogP contribution is 2.25. The van der Waals surface area contributed by atoms with E-state index in [0.29, 0.717) is 12.3 Å². The van der Waals surface area contributed by atoms with Gasteiger partial charge in [0.25, 0.3) is 0 Å². The summed E-state index contributed by atoms with van der Waals surface area (Å²) < 4.78 is 5.03. The van der Waals surface area contributed by atoms with Gasteiger partial charge in [-0.2, -0.15) is 0 Å². The first-order valence-corrected chi connectivity index (χ1v) is 5.64. The fraction of sp³-hybridized carbons (Fsp3) is 0.214. The third kappa shape index (κ3) is 2.38. The van der Waals surface area contributed by atoms with Crippen molar-refractivity contribution in [2.24, 2.45) is 0 Å². The molecule has 0 bridgehead atoms. The van der Waals surface area contributed by atoms with E-state index in [1.807, 2.05) is 43.3 Å². The van der Waals surface area contributed by atoms with Gasteiger partial charge in [-0.25, -0.2) is 4.79 Å². The molecule has 0 unspecified atom stereocenters. The summed E-state index contributed by atoms with van der Waals surface area (Å²) >= 11 is 0. The number of H-pyrrole nitrogens is 1. The van der Waals surface area contributed by atoms with Crippen LogP contribution in [-0.4, -0.2) is 17.6 Å². The quantitative estimate of drug-likeness (QED) is 0.821. The Hall–Kier alpha value is -2.03. The molecule has 1 aromatic carbocycles. The van der Waals surface area contributed by atoms with E-state index in [9.17, 15) is 4.79 Å². The lowest BCUT2D eigenvalue weighted by Gasteiger charge is -2.03. The van der Waals surface area contributed by atoms with E-state index >= 15 is 0 Å². The fourth-order valence-electron chi connectivity index (χ4n) is 1.80. The number of carbonyl (C=O) groups is 1. The molecule has 1 aromatic heterocycles. The molecule has 2 aromatic rings. The maximum absolute atomic E-state index is 11.8. The molecule has 3 nitrogen and oxygen atoms in total. The van der Waals surface area contributed by atoms with Crippen molar-refractivity contribution in [1.82, 2.24) is 4.98 Å². The summed E-state index contributed by atoms with van der Waals surface area (Å²) in [6.07, 6.45) is 0. The van der Waals surface area contributed by atoms with Gasteiger partial charge in [0.05, 0.1) is 6.61 Å². The van der Waals surface area contributed by atoms with Crippen molar-refractivity contribution < 1.29 is 9.53 Å². The molecule has 0 saturated carbocycles. The normalized spacial score (nSPS) is 10.2. The summed E-state index contributed by atoms with van der Waals surface area (Å²) in [5.74, 6) is -0.306. The fourth-order valence-corrected chi connectivity index (χ4v) is 1.80. The number of carbonyl (C=O) groups excluding carboxylic acids is 1. The first kappa shape index (κ1) is 11.5. The summed E-state index contributed by atoms with van der Waals surface area (Å²) in [6.45, 7) is 4.11. The number of nitrogens with one attached hydrogen (secondary N) is 1. The van der Waals surface area contributed by atoms with Crippen molar-refractivity contribution >= 4 is 5.97 Å². The van der Waals surface area contributed by atoms with Crippen molar-refractivity contribution in [2.45, 2.75) is 13.8 Å². The molecular formula is C14H15NO2. The van der Waals surface area contributed by atoms with Gasteiger partial charge in [0, 0.05) is 11.3 Å². The highest BCUT2D eigenvalue weighted by molar-refractivity contribution is 5.95. The number of aromatic nitrogens is 1. The maximum Gasteiger partial charge on any atom is 0.355 e. The second kappa shape index (κ2) is 4.87. The predicted octanol–water partition coefficient (Wildman–Crippen LogP) is 3.17. The van der Waals surface area contributed by atoms with Crippen LogP contribution in [-0.2, 0) is 4.74 Å². The number of ether oxygens (including phenoxy) is 1. The van der Waals surface area contributed by atoms with Gasteiger partial charge in [0.15, 0.2) is 0 Å². The molecule has 3 heteroatoms. The van der Waals surface area contributed by atoms with Crippen LogP contribution in [0.1, 0.15) is 23.1 Å². The molecule has 0 saturated heterocycles. The van der Waals surface area contributed by atoms with Gasteiger partial charge in [-0.3, -0.25) is 0 Å². The van der Waals surface area contributed by atoms with Crippen LogP contribution in [0.25, 0.3) is 11.1 Å². The largest absolute Gasteiger partial charge is 0.461 e. The third-order valence-electron chi connectivity index (χ3n) is 2.52. The summed E-state index contributed by atoms with van der Waals surface area (Å²) in [5.41, 5.74) is 3.38. The zero-order valence-corrected chi connectivity index (χ0v) is 9.99. The molecule has 0 radical (unpaired) electrons. The monoisotopic (exact) mass is 229 g/mol. The van der Waals surface area contributed by atoms with Crippen molar-refractivity contribution in [3.05, 3.63) is 47.8 Å². The average Bonchev–Trinajstić information content (AvgIpc) is 2.73. The van der Waals surface area contributed by atoms with Crippen molar-refractivity contribution in [2.75, 3.05) is 6.61 Å². The van der Waals surface area contributed by atoms with Crippen LogP contribution in [0.4, 0.5) is 0 Å². The maximum atomic E-state index is 11.8. The molecular weight excluding hydrogens is 214 g/mol. The lowest BCUT2D eigenvalue weighted by molar-refractivity contribution is 0.0521. The van der Waals surface area contributed by atoms with Crippen molar-refractivity contribution in [3.8, 4) is 11.1 Å². The van der Waals surface area contributed by atoms with Gasteiger partial charge in [-0.05, 0) is 25.5 Å². The van der Waals surface area contributed by atoms with Crippen LogP contribution in [0.5, 0.6) is 0 Å². The third-order valence-corrected chi connectivity index (χ3v) is 2.52. The Bertz CT molecular complexity index is 514. The zero-order chi connectivity index (χ0) is 12.3. The smallest absolute Gasteiger partial charge is 0.355 e. The van der Waals surface area contributed by atoms with Gasteiger partial charge >= 0.3 is 5.97 Å². The van der Waals surface area contributed by atoms with Gasteiger partial charge in [-0.15, -0.1) is 0 Å². The van der Waals surface area contributed by atoms with E-state index in [1.54, 1.807) is 6.92 Å². The molecule has 0 amide bonds. The molecule has 0 aliphatic rings. The number of rotatable bonds is 3. The molecule has 0 aliphatic carbocycles. The Morgan fingerprint density at radius 3 is 2.65 bits per heavy atom. The topological polar surface area (TPSA) is 42.1 Å². The number of hydrogen-bond donors (Lipinski definition) is 1. The molecule has 0 spiro atoms. The first-order valence-electron chi connectivity index (χ1n) is 5.64. The first-order chi connectivity index (χ1) is 8.22. The van der Waals surface area contributed by atoms with Gasteiger partial charge in [0.2, 0.25) is 0 Å². The van der Waals surface area contributed by atoms with Crippen molar-refractivity contribution in [1.29, 1.82) is 0 Å². The Morgan fingerprint density at radius 1 is 1.29 bits per heavy atom. The van der Waals surface area contributed by atoms with Crippen LogP contribution >= 0.6 is 0 Å². The lowest BCUT2D eigenvalue weighted by atomic mass is 10.1. The summed E-state index contributed by atoms with van der Waals surface area (Å²) in [5, 5.41) is 0. The van der Waals surface area contributed by atoms with Crippen LogP contribution in [0, 0.1) is 6.92 Å². The zero-order valence-electron chi connectivity index (χ0n) is 9.99. The molecule has 1 N–H and O–H groups in total. The van der Waals surface area contributed by atoms with Crippen LogP contribution < -0.4 is 0 Å². The van der Waals surface area contributed by atoms with E-state index in [4.69, 9.17) is 4.74 Å². The molecule has 88 valence electrons. The minimum absolute atomic E-state index is 0.306. The molecule has 1 heterocycles. The van der Waals surface area contributed by atoms with Crippen LogP contribution in [0.3, 0.4) is 0 Å². The number of hydrogen-bond acceptors (Lipinski definition) is 2. The summed E-state index contributed by atoms with van der Waals surface area (Å²) in [4.78, 5) is 14.9. The van der Waals surface area contributed by atoms with E-state index in [2.05, 4.69) is 4.98 Å². The highest BCUT2D eigenvalue weighted by Gasteiger charge is 2.16. The van der Waals surface area contributed by atoms with Gasteiger partial charge < -0.3 is 9.72 Å². The Balaban J connectivity index is 2.44. The number of benzene rings is 1. The predicted molar refractivity (Wildman–Crippen MR) is 66.9 cm³/mol. The number of esters is 1. The summed E-state index contributed by atoms with van der Waals surface area (Å²) in [7, 11) is 0. The van der Waals surface area contributed by atoms with E-state index in [0.717, 1.165) is 16.8 Å². The standard InChI is InChI=1S/C14H15NO2/c1-3-17-14(16)13-12(9-10(2)15-13)11-7-5-4-6-8-11/h4-9,15H,3H2,1-2H3. The second-order valence-corrected chi connectivity index (χ2v) is 3.83. The molecule has 2 rings (SSSR count). The van der Waals surface area contributed by atoms with E-state index < -0.39 is 0 Å². The minimum Gasteiger partial charge on any atom is -0.461 e. The highest BCUT2D eigenvalue weighted by atomic mass is 16.5. The van der Waals surface area contributed by atoms with Crippen LogP contribution in [0.15, 0.2) is 36.4 Å². The Labute approximate surface area is 100 Å². The van der Waals surface area contributed by atoms with Gasteiger partial charge in [0.1, 0.15) is 5.69 Å². The Morgan fingerprint density at radius 2 is 2.00 bits per heavy atom. The second-order valence-electron chi connectivity index (χ2n) is 3.83. The SMILES string of the molecule is CCOC(=O)c1[nH]c(C)cc1-c1ccccc1. The lowest BCUT2D eigenvalue weighted by Crippen LogP contribution is -2.06. The number of aromatic amines is 1. The molecule has 0 aliphatic heterocycles. The minimum atomic E-state index is -0.306. The average molecular weight is 229 g/mol. The van der Waals surface area contributed by atoms with Crippen LogP contribution in [0.2, 0.25) is 0 Å². The molecule has 0 atom stereocenters. The van der Waals surface area contributed by atoms with Gasteiger partial charge in [-0.1, -0.05) is 30.3 Å².